The Balaban J connectivity index is 0.00000380. The van der Waals surface area contributed by atoms with Gasteiger partial charge in [0.25, 0.3) is 0 Å². The van der Waals surface area contributed by atoms with Crippen molar-refractivity contribution < 1.29 is 24.5 Å². The molecule has 1 fully saturated rings. The van der Waals surface area contributed by atoms with Crippen molar-refractivity contribution in [3.05, 3.63) is 57.6 Å². The van der Waals surface area contributed by atoms with E-state index >= 15 is 0 Å². The molecule has 218 valence electrons. The summed E-state index contributed by atoms with van der Waals surface area (Å²) in [5.41, 5.74) is 4.36. The quantitative estimate of drug-likeness (QED) is 0.353. The van der Waals surface area contributed by atoms with Crippen LogP contribution < -0.4 is 0 Å². The van der Waals surface area contributed by atoms with Gasteiger partial charge in [0, 0.05) is 43.3 Å². The fourth-order valence-electron chi connectivity index (χ4n) is 6.16. The largest absolute Gasteiger partial charge is 0.507 e. The highest BCUT2D eigenvalue weighted by atomic mass is 16.5. The van der Waals surface area contributed by atoms with Crippen molar-refractivity contribution in [2.24, 2.45) is 0 Å². The number of aryl methyl sites for hydroxylation is 4. The Labute approximate surface area is 236 Å². The van der Waals surface area contributed by atoms with Crippen LogP contribution in [0.3, 0.4) is 0 Å². The monoisotopic (exact) mass is 541 g/mol. The van der Waals surface area contributed by atoms with Crippen molar-refractivity contribution in [2.45, 2.75) is 120 Å². The van der Waals surface area contributed by atoms with E-state index in [4.69, 9.17) is 4.74 Å². The lowest BCUT2D eigenvalue weighted by atomic mass is 9.77. The molecule has 1 heterocycles. The van der Waals surface area contributed by atoms with Crippen LogP contribution in [0.4, 0.5) is 0 Å². The lowest BCUT2D eigenvalue weighted by Gasteiger charge is -2.55. The molecular weight excluding hydrogens is 490 g/mol. The number of ketones is 1. The van der Waals surface area contributed by atoms with Gasteiger partial charge in [-0.25, -0.2) is 0 Å². The van der Waals surface area contributed by atoms with Crippen molar-refractivity contribution in [3.63, 3.8) is 0 Å². The topological polar surface area (TPSA) is 87.1 Å². The van der Waals surface area contributed by atoms with Crippen LogP contribution in [-0.4, -0.2) is 50.6 Å². The number of aromatic hydroxyl groups is 2. The standard InChI is InChI=1S/C31H43NO5.2CH4/c1-19-11-23(12-20(2)28(19)35)15-25(33)9-10-32-30(5,6)17-26(18-31(32,7)8)37-27(34)16-24-13-21(3)29(36)22(4)14-24;;/h11-14,26,35-36H,9-10,15-18H2,1-8H3;2*1H4. The molecule has 3 rings (SSSR count). The number of phenolic OH excluding ortho intramolecular Hbond substituents is 2. The van der Waals surface area contributed by atoms with Gasteiger partial charge in [-0.05, 0) is 88.8 Å². The zero-order chi connectivity index (χ0) is 27.7. The van der Waals surface area contributed by atoms with E-state index < -0.39 is 0 Å². The first-order chi connectivity index (χ1) is 17.1. The highest BCUT2D eigenvalue weighted by Gasteiger charge is 2.46. The second-order valence-electron chi connectivity index (χ2n) is 12.1. The minimum absolute atomic E-state index is 0. The molecule has 0 aliphatic carbocycles. The van der Waals surface area contributed by atoms with Crippen LogP contribution in [0.25, 0.3) is 0 Å². The molecule has 0 aromatic heterocycles. The Kier molecular flexibility index (Phi) is 11.4. The molecule has 0 unspecified atom stereocenters. The van der Waals surface area contributed by atoms with Gasteiger partial charge < -0.3 is 14.9 Å². The molecule has 39 heavy (non-hydrogen) atoms. The van der Waals surface area contributed by atoms with Gasteiger partial charge >= 0.3 is 5.97 Å². The SMILES string of the molecule is C.C.Cc1cc(CC(=O)CCN2C(C)(C)CC(OC(=O)Cc3cc(C)c(O)c(C)c3)CC2(C)C)cc(C)c1O. The lowest BCUT2D eigenvalue weighted by molar-refractivity contribution is -0.159. The first-order valence-corrected chi connectivity index (χ1v) is 13.2. The van der Waals surface area contributed by atoms with E-state index in [-0.39, 0.29) is 61.7 Å². The number of phenols is 2. The number of nitrogens with zero attached hydrogens (tertiary/aromatic N) is 1. The van der Waals surface area contributed by atoms with Gasteiger partial charge in [0.05, 0.1) is 6.42 Å². The predicted molar refractivity (Wildman–Crippen MR) is 160 cm³/mol. The maximum absolute atomic E-state index is 12.9. The third kappa shape index (κ3) is 8.31. The molecule has 0 saturated carbocycles. The van der Waals surface area contributed by atoms with Gasteiger partial charge in [0.15, 0.2) is 0 Å². The summed E-state index contributed by atoms with van der Waals surface area (Å²) in [4.78, 5) is 28.0. The molecule has 0 radical (unpaired) electrons. The zero-order valence-corrected chi connectivity index (χ0v) is 23.7. The molecule has 0 amide bonds. The summed E-state index contributed by atoms with van der Waals surface area (Å²) in [6, 6.07) is 7.43. The summed E-state index contributed by atoms with van der Waals surface area (Å²) in [7, 11) is 0. The van der Waals surface area contributed by atoms with E-state index in [0.717, 1.165) is 33.4 Å². The van der Waals surface area contributed by atoms with Gasteiger partial charge in [0.1, 0.15) is 23.4 Å². The average molecular weight is 542 g/mol. The van der Waals surface area contributed by atoms with E-state index in [2.05, 4.69) is 32.6 Å². The Morgan fingerprint density at radius 2 is 1.18 bits per heavy atom. The van der Waals surface area contributed by atoms with Gasteiger partial charge in [-0.2, -0.15) is 0 Å². The molecule has 1 aliphatic rings. The van der Waals surface area contributed by atoms with Crippen molar-refractivity contribution >= 4 is 11.8 Å². The number of hydrogen-bond acceptors (Lipinski definition) is 6. The van der Waals surface area contributed by atoms with Crippen molar-refractivity contribution in [1.82, 2.24) is 4.90 Å². The maximum atomic E-state index is 12.9. The van der Waals surface area contributed by atoms with Gasteiger partial charge in [-0.3, -0.25) is 14.5 Å². The smallest absolute Gasteiger partial charge is 0.310 e. The van der Waals surface area contributed by atoms with Crippen molar-refractivity contribution in [3.8, 4) is 11.5 Å². The first kappa shape index (κ1) is 34.2. The van der Waals surface area contributed by atoms with E-state index in [1.807, 2.05) is 52.0 Å². The highest BCUT2D eigenvalue weighted by Crippen LogP contribution is 2.40. The Bertz CT molecular complexity index is 1120. The van der Waals surface area contributed by atoms with Crippen LogP contribution in [0.2, 0.25) is 0 Å². The van der Waals surface area contributed by atoms with Gasteiger partial charge in [-0.15, -0.1) is 0 Å². The molecular formula is C33H51NO5. The molecule has 0 bridgehead atoms. The number of carbonyl (C=O) groups excluding carboxylic acids is 2. The molecule has 1 saturated heterocycles. The number of benzene rings is 2. The number of Topliss-reactive ketones (excluding diaryl/α,β-unsaturated/α-hetero) is 1. The molecule has 6 nitrogen and oxygen atoms in total. The molecule has 2 aromatic carbocycles. The Hall–Kier alpha value is -2.86. The normalized spacial score (nSPS) is 16.6. The summed E-state index contributed by atoms with van der Waals surface area (Å²) in [5.74, 6) is 0.463. The number of esters is 1. The van der Waals surface area contributed by atoms with E-state index in [1.54, 1.807) is 0 Å². The summed E-state index contributed by atoms with van der Waals surface area (Å²) >= 11 is 0. The van der Waals surface area contributed by atoms with Crippen molar-refractivity contribution in [2.75, 3.05) is 6.54 Å². The number of piperidine rings is 1. The molecule has 2 N–H and O–H groups in total. The second-order valence-corrected chi connectivity index (χ2v) is 12.1. The summed E-state index contributed by atoms with van der Waals surface area (Å²) in [5, 5.41) is 20.0. The third-order valence-electron chi connectivity index (χ3n) is 7.68. The molecule has 0 atom stereocenters. The zero-order valence-electron chi connectivity index (χ0n) is 23.7. The third-order valence-corrected chi connectivity index (χ3v) is 7.68. The number of hydrogen-bond donors (Lipinski definition) is 2. The summed E-state index contributed by atoms with van der Waals surface area (Å²) in [6.07, 6.45) is 2.16. The van der Waals surface area contributed by atoms with E-state index in [9.17, 15) is 19.8 Å². The van der Waals surface area contributed by atoms with Crippen LogP contribution in [-0.2, 0) is 27.2 Å². The minimum atomic E-state index is -0.260. The number of rotatable bonds is 8. The Morgan fingerprint density at radius 3 is 1.59 bits per heavy atom. The van der Waals surface area contributed by atoms with Crippen LogP contribution in [0.1, 0.15) is 95.2 Å². The number of carbonyl (C=O) groups is 2. The lowest BCUT2D eigenvalue weighted by Crippen LogP contribution is -2.62. The average Bonchev–Trinajstić information content (AvgIpc) is 2.73. The van der Waals surface area contributed by atoms with Gasteiger partial charge in [0.2, 0.25) is 0 Å². The maximum Gasteiger partial charge on any atom is 0.310 e. The number of likely N-dealkylation sites (tertiary alicyclic amines) is 1. The fraction of sp³-hybridized carbons (Fsp3) is 0.576. The molecule has 6 heteroatoms. The Morgan fingerprint density at radius 1 is 0.795 bits per heavy atom. The summed E-state index contributed by atoms with van der Waals surface area (Å²) < 4.78 is 5.95. The highest BCUT2D eigenvalue weighted by molar-refractivity contribution is 5.81. The number of ether oxygens (including phenoxy) is 1. The fourth-order valence-corrected chi connectivity index (χ4v) is 6.16. The van der Waals surface area contributed by atoms with Crippen LogP contribution in [0.5, 0.6) is 11.5 Å². The van der Waals surface area contributed by atoms with E-state index in [0.29, 0.717) is 32.2 Å². The van der Waals surface area contributed by atoms with Crippen LogP contribution in [0, 0.1) is 27.7 Å². The predicted octanol–water partition coefficient (Wildman–Crippen LogP) is 6.91. The van der Waals surface area contributed by atoms with Gasteiger partial charge in [-0.1, -0.05) is 39.1 Å². The molecule has 1 aliphatic heterocycles. The van der Waals surface area contributed by atoms with Crippen molar-refractivity contribution in [1.29, 1.82) is 0 Å². The second kappa shape index (κ2) is 13.0. The summed E-state index contributed by atoms with van der Waals surface area (Å²) in [6.45, 7) is 16.6. The van der Waals surface area contributed by atoms with Crippen LogP contribution in [0.15, 0.2) is 24.3 Å². The molecule has 2 aromatic rings. The molecule has 0 spiro atoms. The minimum Gasteiger partial charge on any atom is -0.507 e. The first-order valence-electron chi connectivity index (χ1n) is 13.2. The van der Waals surface area contributed by atoms with Crippen LogP contribution >= 0.6 is 0 Å². The van der Waals surface area contributed by atoms with E-state index in [1.165, 1.54) is 0 Å².